The Labute approximate surface area is 174 Å². The predicted molar refractivity (Wildman–Crippen MR) is 108 cm³/mol. The van der Waals surface area contributed by atoms with Gasteiger partial charge in [-0.15, -0.1) is 0 Å². The lowest BCUT2D eigenvalue weighted by molar-refractivity contribution is -0.141. The summed E-state index contributed by atoms with van der Waals surface area (Å²) < 4.78 is 38.8. The average molecular weight is 436 g/mol. The number of aromatic nitrogens is 2. The highest BCUT2D eigenvalue weighted by atomic mass is 32.2. The summed E-state index contributed by atoms with van der Waals surface area (Å²) in [6.45, 7) is 2.52. The van der Waals surface area contributed by atoms with E-state index in [2.05, 4.69) is 19.9 Å². The van der Waals surface area contributed by atoms with E-state index in [1.807, 2.05) is 0 Å². The molecule has 2 aromatic rings. The fourth-order valence-electron chi connectivity index (χ4n) is 2.99. The van der Waals surface area contributed by atoms with Gasteiger partial charge in [0, 0.05) is 18.7 Å². The van der Waals surface area contributed by atoms with Crippen molar-refractivity contribution in [2.75, 3.05) is 25.6 Å². The highest BCUT2D eigenvalue weighted by Gasteiger charge is 2.21. The van der Waals surface area contributed by atoms with Crippen molar-refractivity contribution in [3.63, 3.8) is 0 Å². The summed E-state index contributed by atoms with van der Waals surface area (Å²) in [4.78, 5) is 24.0. The number of methoxy groups -OCH3 is 1. The third kappa shape index (κ3) is 5.23. The molecule has 1 atom stereocenters. The first kappa shape index (κ1) is 21.9. The van der Waals surface area contributed by atoms with Crippen LogP contribution in [0.1, 0.15) is 28.9 Å². The maximum Gasteiger partial charge on any atom is 0.327 e. The van der Waals surface area contributed by atoms with Gasteiger partial charge in [0.25, 0.3) is 5.91 Å². The van der Waals surface area contributed by atoms with Crippen LogP contribution in [-0.4, -0.2) is 56.4 Å². The summed E-state index contributed by atoms with van der Waals surface area (Å²) in [5.41, 5.74) is 1.32. The van der Waals surface area contributed by atoms with Crippen molar-refractivity contribution in [2.45, 2.75) is 37.3 Å². The highest BCUT2D eigenvalue weighted by Crippen LogP contribution is 2.17. The third-order valence-corrected chi connectivity index (χ3v) is 6.25. The monoisotopic (exact) mass is 436 g/mol. The Morgan fingerprint density at radius 3 is 2.67 bits per heavy atom. The zero-order chi connectivity index (χ0) is 21.7. The van der Waals surface area contributed by atoms with E-state index in [9.17, 15) is 18.0 Å². The second kappa shape index (κ2) is 9.37. The van der Waals surface area contributed by atoms with Crippen LogP contribution in [0.5, 0.6) is 0 Å². The number of carbonyl (C=O) groups is 2. The first-order chi connectivity index (χ1) is 14.3. The first-order valence-corrected chi connectivity index (χ1v) is 10.9. The van der Waals surface area contributed by atoms with Crippen LogP contribution in [0, 0.1) is 6.92 Å². The normalized spacial score (nSPS) is 16.4. The van der Waals surface area contributed by atoms with Crippen molar-refractivity contribution in [2.24, 2.45) is 0 Å². The van der Waals surface area contributed by atoms with Crippen LogP contribution in [0.3, 0.4) is 0 Å². The van der Waals surface area contributed by atoms with Gasteiger partial charge in [-0.05, 0) is 44.0 Å². The molecule has 2 N–H and O–H groups in total. The number of sulfonamides is 1. The number of esters is 1. The molecule has 3 rings (SSSR count). The van der Waals surface area contributed by atoms with Gasteiger partial charge in [-0.1, -0.05) is 0 Å². The molecule has 1 aliphatic heterocycles. The maximum atomic E-state index is 12.5. The first-order valence-electron chi connectivity index (χ1n) is 9.42. The van der Waals surface area contributed by atoms with Gasteiger partial charge in [-0.2, -0.15) is 5.10 Å². The number of rotatable bonds is 8. The molecule has 1 aromatic heterocycles. The average Bonchev–Trinajstić information content (AvgIpc) is 3.38. The molecule has 0 radical (unpaired) electrons. The number of amides is 1. The number of carbonyl (C=O) groups excluding carboxylic acids is 2. The standard InChI is InChI=1S/C19H24N4O6S/c1-13-17(11-20-23(13)12-18(24)28-2)22-19(25)14-5-7-16(8-6-14)30(26,27)21-10-15-4-3-9-29-15/h5-8,11,15,21H,3-4,9-10,12H2,1-2H3,(H,22,25)/t15-/m0/s1. The Bertz CT molecular complexity index is 1010. The lowest BCUT2D eigenvalue weighted by Crippen LogP contribution is -2.31. The lowest BCUT2D eigenvalue weighted by Gasteiger charge is -2.12. The molecule has 0 unspecified atom stereocenters. The molecule has 0 aliphatic carbocycles. The molecule has 1 saturated heterocycles. The van der Waals surface area contributed by atoms with Crippen LogP contribution in [0.15, 0.2) is 35.4 Å². The molecule has 11 heteroatoms. The molecule has 1 amide bonds. The third-order valence-electron chi connectivity index (χ3n) is 4.81. The van der Waals surface area contributed by atoms with Crippen molar-refractivity contribution < 1.29 is 27.5 Å². The quantitative estimate of drug-likeness (QED) is 0.592. The molecule has 1 fully saturated rings. The molecular formula is C19H24N4O6S. The van der Waals surface area contributed by atoms with E-state index < -0.39 is 21.9 Å². The molecule has 30 heavy (non-hydrogen) atoms. The molecule has 0 spiro atoms. The van der Waals surface area contributed by atoms with Crippen molar-refractivity contribution in [1.82, 2.24) is 14.5 Å². The lowest BCUT2D eigenvalue weighted by atomic mass is 10.2. The number of anilines is 1. The zero-order valence-electron chi connectivity index (χ0n) is 16.8. The van der Waals surface area contributed by atoms with Gasteiger partial charge < -0.3 is 14.8 Å². The van der Waals surface area contributed by atoms with Crippen LogP contribution < -0.4 is 10.0 Å². The van der Waals surface area contributed by atoms with Crippen LogP contribution in [-0.2, 0) is 30.8 Å². The van der Waals surface area contributed by atoms with Crippen LogP contribution in [0.25, 0.3) is 0 Å². The Kier molecular flexibility index (Phi) is 6.85. The van der Waals surface area contributed by atoms with E-state index in [1.54, 1.807) is 6.92 Å². The van der Waals surface area contributed by atoms with E-state index >= 15 is 0 Å². The van der Waals surface area contributed by atoms with Crippen molar-refractivity contribution in [3.8, 4) is 0 Å². The minimum Gasteiger partial charge on any atom is -0.468 e. The molecule has 10 nitrogen and oxygen atoms in total. The fourth-order valence-corrected chi connectivity index (χ4v) is 4.05. The summed E-state index contributed by atoms with van der Waals surface area (Å²) in [5.74, 6) is -0.879. The predicted octanol–water partition coefficient (Wildman–Crippen LogP) is 1.07. The Hall–Kier alpha value is -2.76. The smallest absolute Gasteiger partial charge is 0.327 e. The summed E-state index contributed by atoms with van der Waals surface area (Å²) in [6, 6.07) is 5.62. The molecule has 2 heterocycles. The number of nitrogens with one attached hydrogen (secondary N) is 2. The van der Waals surface area contributed by atoms with Gasteiger partial charge >= 0.3 is 5.97 Å². The second-order valence-electron chi connectivity index (χ2n) is 6.84. The summed E-state index contributed by atoms with van der Waals surface area (Å²) >= 11 is 0. The van der Waals surface area contributed by atoms with Gasteiger partial charge in [0.15, 0.2) is 0 Å². The fraction of sp³-hybridized carbons (Fsp3) is 0.421. The number of hydrogen-bond donors (Lipinski definition) is 2. The van der Waals surface area contributed by atoms with Crippen LogP contribution in [0.4, 0.5) is 5.69 Å². The van der Waals surface area contributed by atoms with Crippen molar-refractivity contribution >= 4 is 27.6 Å². The molecule has 1 aromatic carbocycles. The minimum absolute atomic E-state index is 0.0658. The summed E-state index contributed by atoms with van der Waals surface area (Å²) in [6.07, 6.45) is 3.09. The Balaban J connectivity index is 1.63. The number of ether oxygens (including phenoxy) is 2. The Morgan fingerprint density at radius 1 is 1.30 bits per heavy atom. The number of nitrogens with zero attached hydrogens (tertiary/aromatic N) is 2. The molecule has 162 valence electrons. The van der Waals surface area contributed by atoms with E-state index in [4.69, 9.17) is 4.74 Å². The molecule has 1 aliphatic rings. The SMILES string of the molecule is COC(=O)Cn1ncc(NC(=O)c2ccc(S(=O)(=O)NC[C@@H]3CCCO3)cc2)c1C. The Morgan fingerprint density at radius 2 is 2.03 bits per heavy atom. The number of hydrogen-bond acceptors (Lipinski definition) is 7. The summed E-state index contributed by atoms with van der Waals surface area (Å²) in [7, 11) is -2.40. The summed E-state index contributed by atoms with van der Waals surface area (Å²) in [5, 5.41) is 6.76. The van der Waals surface area contributed by atoms with Gasteiger partial charge in [0.05, 0.1) is 35.7 Å². The zero-order valence-corrected chi connectivity index (χ0v) is 17.6. The van der Waals surface area contributed by atoms with Crippen molar-refractivity contribution in [1.29, 1.82) is 0 Å². The van der Waals surface area contributed by atoms with Crippen LogP contribution >= 0.6 is 0 Å². The van der Waals surface area contributed by atoms with E-state index in [0.717, 1.165) is 12.8 Å². The minimum atomic E-state index is -3.69. The van der Waals surface area contributed by atoms with Gasteiger partial charge in [-0.3, -0.25) is 14.3 Å². The van der Waals surface area contributed by atoms with Crippen LogP contribution in [0.2, 0.25) is 0 Å². The molecule has 0 saturated carbocycles. The van der Waals surface area contributed by atoms with E-state index in [1.165, 1.54) is 42.3 Å². The van der Waals surface area contributed by atoms with E-state index in [-0.39, 0.29) is 29.7 Å². The largest absolute Gasteiger partial charge is 0.468 e. The highest BCUT2D eigenvalue weighted by molar-refractivity contribution is 7.89. The molecule has 0 bridgehead atoms. The van der Waals surface area contributed by atoms with Gasteiger partial charge in [-0.25, -0.2) is 13.1 Å². The molecular weight excluding hydrogens is 412 g/mol. The van der Waals surface area contributed by atoms with Crippen molar-refractivity contribution in [3.05, 3.63) is 41.7 Å². The van der Waals surface area contributed by atoms with E-state index in [0.29, 0.717) is 18.0 Å². The maximum absolute atomic E-state index is 12.5. The second-order valence-corrected chi connectivity index (χ2v) is 8.61. The van der Waals surface area contributed by atoms with Gasteiger partial charge in [0.1, 0.15) is 6.54 Å². The van der Waals surface area contributed by atoms with Gasteiger partial charge in [0.2, 0.25) is 10.0 Å². The number of benzene rings is 1. The topological polar surface area (TPSA) is 129 Å².